The van der Waals surface area contributed by atoms with Crippen molar-refractivity contribution in [3.05, 3.63) is 65.1 Å². The summed E-state index contributed by atoms with van der Waals surface area (Å²) in [6.45, 7) is 0.748. The molecule has 2 aromatic heterocycles. The molecule has 1 atom stereocenters. The minimum absolute atomic E-state index is 0.0227. The van der Waals surface area contributed by atoms with Gasteiger partial charge in [0, 0.05) is 12.6 Å². The molecule has 4 rings (SSSR count). The maximum absolute atomic E-state index is 13.4. The van der Waals surface area contributed by atoms with Gasteiger partial charge in [0.2, 0.25) is 5.89 Å². The van der Waals surface area contributed by atoms with Gasteiger partial charge in [-0.25, -0.2) is 13.2 Å². The van der Waals surface area contributed by atoms with Crippen LogP contribution in [0.2, 0.25) is 0 Å². The molecule has 0 bridgehead atoms. The fourth-order valence-corrected chi connectivity index (χ4v) is 3.66. The van der Waals surface area contributed by atoms with Crippen LogP contribution in [-0.4, -0.2) is 39.0 Å². The van der Waals surface area contributed by atoms with Gasteiger partial charge < -0.3 is 9.32 Å². The molecular weight excluding hydrogens is 423 g/mol. The summed E-state index contributed by atoms with van der Waals surface area (Å²) < 4.78 is 70.4. The smallest absolute Gasteiger partial charge is 0.314 e. The molecule has 0 spiro atoms. The molecule has 1 aliphatic rings. The van der Waals surface area contributed by atoms with Gasteiger partial charge >= 0.3 is 6.43 Å². The molecule has 0 saturated carbocycles. The van der Waals surface area contributed by atoms with Gasteiger partial charge in [-0.1, -0.05) is 12.1 Å². The van der Waals surface area contributed by atoms with Crippen molar-refractivity contribution in [2.45, 2.75) is 31.7 Å². The number of aromatic nitrogens is 3. The molecule has 1 aliphatic heterocycles. The highest BCUT2D eigenvalue weighted by atomic mass is 19.3. The van der Waals surface area contributed by atoms with E-state index in [1.165, 1.54) is 36.5 Å². The van der Waals surface area contributed by atoms with Crippen molar-refractivity contribution in [2.24, 2.45) is 0 Å². The zero-order valence-electron chi connectivity index (χ0n) is 16.0. The minimum atomic E-state index is -2.97. The van der Waals surface area contributed by atoms with E-state index in [0.717, 1.165) is 4.90 Å². The zero-order valence-corrected chi connectivity index (χ0v) is 16.0. The number of benzene rings is 1. The van der Waals surface area contributed by atoms with Gasteiger partial charge in [-0.05, 0) is 30.7 Å². The summed E-state index contributed by atoms with van der Waals surface area (Å²) in [5.41, 5.74) is -0.281. The molecule has 1 aromatic carbocycles. The number of carbonyl (C=O) groups is 1. The summed E-state index contributed by atoms with van der Waals surface area (Å²) in [6, 6.07) is 6.55. The number of alkyl halides is 4. The summed E-state index contributed by atoms with van der Waals surface area (Å²) in [4.78, 5) is 18.4. The predicted octanol–water partition coefficient (Wildman–Crippen LogP) is 4.39. The van der Waals surface area contributed by atoms with Gasteiger partial charge in [-0.3, -0.25) is 9.78 Å². The van der Waals surface area contributed by atoms with Crippen LogP contribution in [0.1, 0.15) is 40.9 Å². The van der Waals surface area contributed by atoms with Crippen LogP contribution in [0.25, 0.3) is 11.5 Å². The van der Waals surface area contributed by atoms with Crippen molar-refractivity contribution in [2.75, 3.05) is 6.54 Å². The first-order valence-electron chi connectivity index (χ1n) is 9.16. The lowest BCUT2D eigenvalue weighted by Gasteiger charge is -2.45. The Bertz CT molecular complexity index is 1120. The molecule has 3 heterocycles. The third-order valence-electron chi connectivity index (χ3n) is 5.21. The summed E-state index contributed by atoms with van der Waals surface area (Å²) in [6.07, 6.45) is -4.42. The lowest BCUT2D eigenvalue weighted by Crippen LogP contribution is -2.54. The molecule has 0 unspecified atom stereocenters. The van der Waals surface area contributed by atoms with Gasteiger partial charge in [0.1, 0.15) is 5.82 Å². The van der Waals surface area contributed by atoms with Crippen LogP contribution in [-0.2, 0) is 12.0 Å². The highest BCUT2D eigenvalue weighted by molar-refractivity contribution is 5.98. The number of halogens is 5. The van der Waals surface area contributed by atoms with Gasteiger partial charge in [0.15, 0.2) is 0 Å². The van der Waals surface area contributed by atoms with E-state index in [-0.39, 0.29) is 23.4 Å². The quantitative estimate of drug-likeness (QED) is 0.553. The lowest BCUT2D eigenvalue weighted by molar-refractivity contribution is 0.0152. The summed E-state index contributed by atoms with van der Waals surface area (Å²) >= 11 is 0. The SMILES string of the molecule is C[C@@]1(c2ccc(F)cc2)Cc2ncc(-c3nnc(C(F)F)o3)cc2C(=O)N1CC(F)F. The van der Waals surface area contributed by atoms with E-state index in [1.807, 2.05) is 0 Å². The number of fused-ring (bicyclic) bond motifs is 1. The highest BCUT2D eigenvalue weighted by Gasteiger charge is 2.44. The Morgan fingerprint density at radius 2 is 1.87 bits per heavy atom. The number of carbonyl (C=O) groups excluding carboxylic acids is 1. The first kappa shape index (κ1) is 20.9. The fourth-order valence-electron chi connectivity index (χ4n) is 3.66. The van der Waals surface area contributed by atoms with Crippen LogP contribution in [0.4, 0.5) is 22.0 Å². The molecular formula is C20H15F5N4O2. The van der Waals surface area contributed by atoms with Crippen LogP contribution in [0.5, 0.6) is 0 Å². The van der Waals surface area contributed by atoms with E-state index in [0.29, 0.717) is 11.3 Å². The minimum Gasteiger partial charge on any atom is -0.415 e. The van der Waals surface area contributed by atoms with Crippen LogP contribution in [0.15, 0.2) is 40.9 Å². The van der Waals surface area contributed by atoms with Crippen molar-refractivity contribution in [3.63, 3.8) is 0 Å². The number of pyridine rings is 1. The second-order valence-electron chi connectivity index (χ2n) is 7.23. The van der Waals surface area contributed by atoms with Crippen LogP contribution in [0, 0.1) is 5.82 Å². The first-order chi connectivity index (χ1) is 14.7. The normalized spacial score (nSPS) is 18.7. The van der Waals surface area contributed by atoms with Gasteiger partial charge in [0.05, 0.1) is 28.9 Å². The van der Waals surface area contributed by atoms with E-state index in [9.17, 15) is 26.7 Å². The molecule has 0 saturated heterocycles. The van der Waals surface area contributed by atoms with E-state index in [4.69, 9.17) is 4.42 Å². The van der Waals surface area contributed by atoms with E-state index >= 15 is 0 Å². The third-order valence-corrected chi connectivity index (χ3v) is 5.21. The van der Waals surface area contributed by atoms with E-state index in [2.05, 4.69) is 15.2 Å². The van der Waals surface area contributed by atoms with Gasteiger partial charge in [-0.2, -0.15) is 8.78 Å². The molecule has 0 radical (unpaired) electrons. The summed E-state index contributed by atoms with van der Waals surface area (Å²) in [5.74, 6) is -2.38. The summed E-state index contributed by atoms with van der Waals surface area (Å²) in [5, 5.41) is 6.74. The Hall–Kier alpha value is -3.37. The standard InChI is InChI=1S/C20H15F5N4O2/c1-20(11-2-4-12(21)5-3-11)7-14-13(19(30)29(20)9-15(22)23)6-10(8-26-14)17-27-28-18(31-17)16(24)25/h2-6,8,15-16H,7,9H2,1H3/t20-/m0/s1. The van der Waals surface area contributed by atoms with E-state index in [1.54, 1.807) is 6.92 Å². The lowest BCUT2D eigenvalue weighted by atomic mass is 9.80. The van der Waals surface area contributed by atoms with Crippen molar-refractivity contribution in [1.82, 2.24) is 20.1 Å². The monoisotopic (exact) mass is 438 g/mol. The number of hydrogen-bond donors (Lipinski definition) is 0. The van der Waals surface area contributed by atoms with Crippen molar-refractivity contribution < 1.29 is 31.2 Å². The Balaban J connectivity index is 1.78. The molecule has 0 N–H and O–H groups in total. The van der Waals surface area contributed by atoms with Crippen molar-refractivity contribution in [3.8, 4) is 11.5 Å². The Kier molecular flexibility index (Phi) is 5.19. The van der Waals surface area contributed by atoms with Crippen LogP contribution >= 0.6 is 0 Å². The Labute approximate surface area is 172 Å². The van der Waals surface area contributed by atoms with Crippen molar-refractivity contribution in [1.29, 1.82) is 0 Å². The topological polar surface area (TPSA) is 72.1 Å². The number of amides is 1. The number of nitrogens with zero attached hydrogens (tertiary/aromatic N) is 4. The average molecular weight is 438 g/mol. The van der Waals surface area contributed by atoms with Crippen LogP contribution < -0.4 is 0 Å². The molecule has 31 heavy (non-hydrogen) atoms. The fraction of sp³-hybridized carbons (Fsp3) is 0.300. The largest absolute Gasteiger partial charge is 0.415 e. The highest BCUT2D eigenvalue weighted by Crippen LogP contribution is 2.39. The molecule has 3 aromatic rings. The third kappa shape index (κ3) is 3.75. The molecule has 0 fully saturated rings. The first-order valence-corrected chi connectivity index (χ1v) is 9.16. The van der Waals surface area contributed by atoms with E-state index < -0.39 is 42.5 Å². The second-order valence-corrected chi connectivity index (χ2v) is 7.23. The average Bonchev–Trinajstić information content (AvgIpc) is 3.22. The zero-order chi connectivity index (χ0) is 22.3. The molecule has 1 amide bonds. The second kappa shape index (κ2) is 7.71. The maximum atomic E-state index is 13.4. The van der Waals surface area contributed by atoms with Crippen molar-refractivity contribution >= 4 is 5.91 Å². The molecule has 162 valence electrons. The molecule has 6 nitrogen and oxygen atoms in total. The molecule has 11 heteroatoms. The maximum Gasteiger partial charge on any atom is 0.314 e. The molecule has 0 aliphatic carbocycles. The Morgan fingerprint density at radius 3 is 2.48 bits per heavy atom. The number of hydrogen-bond acceptors (Lipinski definition) is 5. The van der Waals surface area contributed by atoms with Gasteiger partial charge in [-0.15, -0.1) is 10.2 Å². The van der Waals surface area contributed by atoms with Gasteiger partial charge in [0.25, 0.3) is 18.2 Å². The van der Waals surface area contributed by atoms with Crippen LogP contribution in [0.3, 0.4) is 0 Å². The summed E-state index contributed by atoms with van der Waals surface area (Å²) in [7, 11) is 0. The Morgan fingerprint density at radius 1 is 1.16 bits per heavy atom. The number of rotatable bonds is 5. The predicted molar refractivity (Wildman–Crippen MR) is 97.0 cm³/mol.